The molecule has 0 saturated carbocycles. The highest BCUT2D eigenvalue weighted by molar-refractivity contribution is 6.08. The monoisotopic (exact) mass is 416 g/mol. The van der Waals surface area contributed by atoms with Crippen molar-refractivity contribution in [3.05, 3.63) is 96.1 Å². The van der Waals surface area contributed by atoms with Crippen LogP contribution in [0.3, 0.4) is 0 Å². The number of hydrogen-bond acceptors (Lipinski definition) is 5. The molecule has 0 aliphatic carbocycles. The highest BCUT2D eigenvalue weighted by Gasteiger charge is 2.19. The third-order valence-corrected chi connectivity index (χ3v) is 5.56. The summed E-state index contributed by atoms with van der Waals surface area (Å²) in [5.41, 5.74) is 2.54. The molecular formula is C26H28N2O3. The van der Waals surface area contributed by atoms with Gasteiger partial charge in [-0.3, -0.25) is 9.69 Å². The van der Waals surface area contributed by atoms with E-state index in [0.717, 1.165) is 26.2 Å². The molecule has 0 bridgehead atoms. The lowest BCUT2D eigenvalue weighted by Crippen LogP contribution is -2.49. The van der Waals surface area contributed by atoms with Crippen LogP contribution in [0, 0.1) is 0 Å². The molecule has 3 aromatic carbocycles. The van der Waals surface area contributed by atoms with Crippen LogP contribution < -0.4 is 9.64 Å². The number of β-amino-alcohol motifs (C(OH)–C–C–N with tert-alkyl or cyclic N) is 1. The Morgan fingerprint density at radius 1 is 0.806 bits per heavy atom. The van der Waals surface area contributed by atoms with Crippen LogP contribution in [0.25, 0.3) is 0 Å². The van der Waals surface area contributed by atoms with E-state index in [9.17, 15) is 9.90 Å². The number of hydrogen-bond donors (Lipinski definition) is 1. The van der Waals surface area contributed by atoms with Gasteiger partial charge >= 0.3 is 0 Å². The van der Waals surface area contributed by atoms with Crippen molar-refractivity contribution in [2.24, 2.45) is 0 Å². The molecule has 0 spiro atoms. The van der Waals surface area contributed by atoms with Crippen LogP contribution in [0.4, 0.5) is 5.69 Å². The van der Waals surface area contributed by atoms with Crippen molar-refractivity contribution in [1.82, 2.24) is 4.90 Å². The highest BCUT2D eigenvalue weighted by atomic mass is 16.5. The van der Waals surface area contributed by atoms with Gasteiger partial charge in [0.05, 0.1) is 0 Å². The lowest BCUT2D eigenvalue weighted by molar-refractivity contribution is 0.0663. The van der Waals surface area contributed by atoms with Crippen LogP contribution >= 0.6 is 0 Å². The van der Waals surface area contributed by atoms with Crippen LogP contribution in [0.2, 0.25) is 0 Å². The van der Waals surface area contributed by atoms with E-state index >= 15 is 0 Å². The van der Waals surface area contributed by atoms with Crippen molar-refractivity contribution in [3.63, 3.8) is 0 Å². The van der Waals surface area contributed by atoms with Crippen molar-refractivity contribution in [3.8, 4) is 5.75 Å². The number of ether oxygens (including phenoxy) is 1. The third-order valence-electron chi connectivity index (χ3n) is 5.56. The molecule has 5 heteroatoms. The Labute approximate surface area is 183 Å². The van der Waals surface area contributed by atoms with Crippen molar-refractivity contribution in [2.75, 3.05) is 44.2 Å². The van der Waals surface area contributed by atoms with Crippen LogP contribution in [0.5, 0.6) is 5.75 Å². The van der Waals surface area contributed by atoms with Crippen LogP contribution in [0.1, 0.15) is 15.9 Å². The maximum atomic E-state index is 12.5. The molecule has 1 fully saturated rings. The first-order chi connectivity index (χ1) is 15.2. The van der Waals surface area contributed by atoms with Gasteiger partial charge in [-0.25, -0.2) is 0 Å². The quantitative estimate of drug-likeness (QED) is 0.570. The van der Waals surface area contributed by atoms with Gasteiger partial charge in [-0.2, -0.15) is 0 Å². The van der Waals surface area contributed by atoms with Crippen LogP contribution in [-0.4, -0.2) is 61.2 Å². The summed E-state index contributed by atoms with van der Waals surface area (Å²) >= 11 is 0. The predicted molar refractivity (Wildman–Crippen MR) is 123 cm³/mol. The molecule has 31 heavy (non-hydrogen) atoms. The SMILES string of the molecule is O=C(c1ccccc1)c1ccc(OCC(O)CN2CCN(c3ccccc3)CC2)cc1. The van der Waals surface area contributed by atoms with Gasteiger partial charge in [0.2, 0.25) is 0 Å². The first-order valence-corrected chi connectivity index (χ1v) is 10.7. The minimum absolute atomic E-state index is 0.0122. The highest BCUT2D eigenvalue weighted by Crippen LogP contribution is 2.17. The van der Waals surface area contributed by atoms with E-state index < -0.39 is 6.10 Å². The molecule has 1 aliphatic rings. The molecule has 0 aromatic heterocycles. The summed E-state index contributed by atoms with van der Waals surface area (Å²) in [5.74, 6) is 0.638. The summed E-state index contributed by atoms with van der Waals surface area (Å²) in [7, 11) is 0. The van der Waals surface area contributed by atoms with Gasteiger partial charge in [-0.1, -0.05) is 48.5 Å². The van der Waals surface area contributed by atoms with Crippen LogP contribution in [-0.2, 0) is 0 Å². The zero-order chi connectivity index (χ0) is 21.5. The Morgan fingerprint density at radius 2 is 1.39 bits per heavy atom. The standard InChI is InChI=1S/C26H28N2O3/c29-24(19-27-15-17-28(18-16-27)23-9-5-2-6-10-23)20-31-25-13-11-22(12-14-25)26(30)21-7-3-1-4-8-21/h1-14,24,29H,15-20H2. The van der Waals surface area contributed by atoms with E-state index in [4.69, 9.17) is 4.74 Å². The number of benzene rings is 3. The summed E-state index contributed by atoms with van der Waals surface area (Å²) in [6.45, 7) is 4.56. The number of aliphatic hydroxyl groups excluding tert-OH is 1. The molecule has 5 nitrogen and oxygen atoms in total. The Hall–Kier alpha value is -3.15. The van der Waals surface area contributed by atoms with E-state index in [1.54, 1.807) is 24.3 Å². The topological polar surface area (TPSA) is 53.0 Å². The van der Waals surface area contributed by atoms with E-state index in [1.165, 1.54) is 5.69 Å². The largest absolute Gasteiger partial charge is 0.491 e. The number of carbonyl (C=O) groups excluding carboxylic acids is 1. The number of piperazine rings is 1. The minimum Gasteiger partial charge on any atom is -0.491 e. The number of carbonyl (C=O) groups is 1. The molecule has 1 saturated heterocycles. The Bertz CT molecular complexity index is 953. The van der Waals surface area contributed by atoms with Crippen molar-refractivity contribution >= 4 is 11.5 Å². The number of nitrogens with zero attached hydrogens (tertiary/aromatic N) is 2. The second-order valence-electron chi connectivity index (χ2n) is 7.81. The molecule has 0 radical (unpaired) electrons. The van der Waals surface area contributed by atoms with E-state index in [1.807, 2.05) is 36.4 Å². The van der Waals surface area contributed by atoms with Gasteiger partial charge < -0.3 is 14.7 Å². The minimum atomic E-state index is -0.561. The van der Waals surface area contributed by atoms with Gasteiger partial charge in [0.1, 0.15) is 18.5 Å². The van der Waals surface area contributed by atoms with Gasteiger partial charge in [0.25, 0.3) is 0 Å². The Balaban J connectivity index is 1.21. The predicted octanol–water partition coefficient (Wildman–Crippen LogP) is 3.48. The van der Waals surface area contributed by atoms with E-state index in [-0.39, 0.29) is 12.4 Å². The normalized spacial score (nSPS) is 15.5. The third kappa shape index (κ3) is 5.72. The average Bonchev–Trinajstić information content (AvgIpc) is 2.84. The van der Waals surface area contributed by atoms with E-state index in [0.29, 0.717) is 23.4 Å². The maximum absolute atomic E-state index is 12.5. The fourth-order valence-electron chi connectivity index (χ4n) is 3.83. The van der Waals surface area contributed by atoms with Gasteiger partial charge in [-0.15, -0.1) is 0 Å². The maximum Gasteiger partial charge on any atom is 0.193 e. The molecule has 1 heterocycles. The lowest BCUT2D eigenvalue weighted by Gasteiger charge is -2.36. The van der Waals surface area contributed by atoms with Crippen molar-refractivity contribution < 1.29 is 14.6 Å². The zero-order valence-electron chi connectivity index (χ0n) is 17.6. The van der Waals surface area contributed by atoms with Gasteiger partial charge in [0, 0.05) is 49.5 Å². The summed E-state index contributed by atoms with van der Waals surface area (Å²) in [4.78, 5) is 17.1. The number of anilines is 1. The summed E-state index contributed by atoms with van der Waals surface area (Å²) in [6, 6.07) is 26.7. The van der Waals surface area contributed by atoms with Crippen LogP contribution in [0.15, 0.2) is 84.9 Å². The Morgan fingerprint density at radius 3 is 2.03 bits per heavy atom. The summed E-state index contributed by atoms with van der Waals surface area (Å²) < 4.78 is 5.74. The molecule has 4 rings (SSSR count). The van der Waals surface area contributed by atoms with Gasteiger partial charge in [-0.05, 0) is 36.4 Å². The molecule has 3 aromatic rings. The fourth-order valence-corrected chi connectivity index (χ4v) is 3.83. The second-order valence-corrected chi connectivity index (χ2v) is 7.81. The zero-order valence-corrected chi connectivity index (χ0v) is 17.6. The first kappa shape index (κ1) is 21.1. The average molecular weight is 417 g/mol. The fraction of sp³-hybridized carbons (Fsp3) is 0.269. The summed E-state index contributed by atoms with van der Waals surface area (Å²) in [5, 5.41) is 10.4. The van der Waals surface area contributed by atoms with Gasteiger partial charge in [0.15, 0.2) is 5.78 Å². The molecule has 1 aliphatic heterocycles. The molecule has 160 valence electrons. The molecule has 1 unspecified atom stereocenters. The smallest absolute Gasteiger partial charge is 0.193 e. The molecule has 1 N–H and O–H groups in total. The molecule has 0 amide bonds. The number of para-hydroxylation sites is 1. The van der Waals surface area contributed by atoms with E-state index in [2.05, 4.69) is 34.1 Å². The molecular weight excluding hydrogens is 388 g/mol. The first-order valence-electron chi connectivity index (χ1n) is 10.7. The lowest BCUT2D eigenvalue weighted by atomic mass is 10.0. The van der Waals surface area contributed by atoms with Crippen molar-refractivity contribution in [1.29, 1.82) is 0 Å². The summed E-state index contributed by atoms with van der Waals surface area (Å²) in [6.07, 6.45) is -0.561. The second kappa shape index (κ2) is 10.2. The molecule has 1 atom stereocenters. The number of ketones is 1. The number of aliphatic hydroxyl groups is 1. The Kier molecular flexibility index (Phi) is 6.97. The van der Waals surface area contributed by atoms with Crippen molar-refractivity contribution in [2.45, 2.75) is 6.10 Å². The number of rotatable bonds is 8.